The van der Waals surface area contributed by atoms with Crippen LogP contribution in [0.15, 0.2) is 24.3 Å². The molecule has 0 unspecified atom stereocenters. The van der Waals surface area contributed by atoms with Crippen molar-refractivity contribution in [3.05, 3.63) is 35.4 Å². The van der Waals surface area contributed by atoms with Crippen molar-refractivity contribution in [1.29, 1.82) is 0 Å². The minimum Gasteiger partial charge on any atom is -0.342 e. The number of benzene rings is 1. The summed E-state index contributed by atoms with van der Waals surface area (Å²) >= 11 is 0. The highest BCUT2D eigenvalue weighted by Gasteiger charge is 2.62. The van der Waals surface area contributed by atoms with Crippen LogP contribution in [0.4, 0.5) is 0 Å². The minimum atomic E-state index is -3.42. The zero-order valence-corrected chi connectivity index (χ0v) is 14.6. The van der Waals surface area contributed by atoms with Crippen molar-refractivity contribution in [2.24, 2.45) is 17.0 Å². The first-order valence-electron chi connectivity index (χ1n) is 8.77. The van der Waals surface area contributed by atoms with Crippen LogP contribution in [0.5, 0.6) is 0 Å². The van der Waals surface area contributed by atoms with E-state index in [1.165, 1.54) is 11.1 Å². The van der Waals surface area contributed by atoms with Gasteiger partial charge in [-0.1, -0.05) is 24.3 Å². The van der Waals surface area contributed by atoms with Crippen LogP contribution >= 0.6 is 0 Å². The molecule has 1 aromatic carbocycles. The second-order valence-electron chi connectivity index (χ2n) is 7.67. The van der Waals surface area contributed by atoms with Crippen molar-refractivity contribution in [2.45, 2.75) is 37.5 Å². The monoisotopic (exact) mass is 348 g/mol. The molecule has 2 atom stereocenters. The van der Waals surface area contributed by atoms with E-state index in [0.717, 1.165) is 32.1 Å². The molecule has 0 aromatic heterocycles. The number of carbonyl (C=O) groups is 1. The number of aryl methyl sites for hydroxylation is 1. The molecule has 2 aliphatic carbocycles. The fourth-order valence-electron chi connectivity index (χ4n) is 4.79. The van der Waals surface area contributed by atoms with Crippen LogP contribution in [0.1, 0.15) is 36.8 Å². The number of nitrogens with zero attached hydrogens (tertiary/aromatic N) is 1. The Kier molecular flexibility index (Phi) is 3.73. The molecule has 130 valence electrons. The standard InChI is InChI=1S/C18H24N2O3S/c19-24(22,23)12-13-6-9-20(10-7-13)17(21)16-11-18(16)8-5-14-3-1-2-4-15(14)18/h1-4,13,16H,5-12H2,(H2,19,22,23)/t16-,18+/m1/s1. The van der Waals surface area contributed by atoms with Crippen molar-refractivity contribution < 1.29 is 13.2 Å². The van der Waals surface area contributed by atoms with Crippen LogP contribution in [0.25, 0.3) is 0 Å². The summed E-state index contributed by atoms with van der Waals surface area (Å²) in [6.07, 6.45) is 4.61. The highest BCUT2D eigenvalue weighted by atomic mass is 32.2. The molecule has 1 saturated carbocycles. The number of carbonyl (C=O) groups excluding carboxylic acids is 1. The van der Waals surface area contributed by atoms with Gasteiger partial charge >= 0.3 is 0 Å². The quantitative estimate of drug-likeness (QED) is 0.897. The molecular weight excluding hydrogens is 324 g/mol. The van der Waals surface area contributed by atoms with Gasteiger partial charge < -0.3 is 4.90 Å². The van der Waals surface area contributed by atoms with Crippen LogP contribution in [0.2, 0.25) is 0 Å². The average molecular weight is 348 g/mol. The maximum absolute atomic E-state index is 12.9. The number of hydrogen-bond acceptors (Lipinski definition) is 3. The van der Waals surface area contributed by atoms with Crippen LogP contribution in [-0.4, -0.2) is 38.1 Å². The van der Waals surface area contributed by atoms with E-state index in [1.54, 1.807) is 0 Å². The smallest absolute Gasteiger partial charge is 0.226 e. The Hall–Kier alpha value is -1.40. The van der Waals surface area contributed by atoms with Gasteiger partial charge in [0.15, 0.2) is 0 Å². The third kappa shape index (κ3) is 2.75. The molecule has 3 aliphatic rings. The third-order valence-electron chi connectivity index (χ3n) is 6.16. The van der Waals surface area contributed by atoms with E-state index in [9.17, 15) is 13.2 Å². The third-order valence-corrected chi connectivity index (χ3v) is 7.10. The number of hydrogen-bond donors (Lipinski definition) is 1. The van der Waals surface area contributed by atoms with Crippen molar-refractivity contribution in [1.82, 2.24) is 4.90 Å². The van der Waals surface area contributed by atoms with Gasteiger partial charge in [0.05, 0.1) is 5.75 Å². The van der Waals surface area contributed by atoms with Crippen molar-refractivity contribution in [3.63, 3.8) is 0 Å². The largest absolute Gasteiger partial charge is 0.342 e. The summed E-state index contributed by atoms with van der Waals surface area (Å²) in [6, 6.07) is 8.52. The summed E-state index contributed by atoms with van der Waals surface area (Å²) in [5.41, 5.74) is 2.87. The molecule has 24 heavy (non-hydrogen) atoms. The van der Waals surface area contributed by atoms with Crippen molar-refractivity contribution >= 4 is 15.9 Å². The molecule has 1 aromatic rings. The molecule has 1 saturated heterocycles. The average Bonchev–Trinajstić information content (AvgIpc) is 3.15. The molecule has 1 spiro atoms. The predicted molar refractivity (Wildman–Crippen MR) is 91.8 cm³/mol. The van der Waals surface area contributed by atoms with Crippen LogP contribution in [-0.2, 0) is 26.7 Å². The normalized spacial score (nSPS) is 29.7. The Balaban J connectivity index is 1.39. The van der Waals surface area contributed by atoms with E-state index in [4.69, 9.17) is 5.14 Å². The maximum Gasteiger partial charge on any atom is 0.226 e. The van der Waals surface area contributed by atoms with Gasteiger partial charge in [-0.25, -0.2) is 13.6 Å². The van der Waals surface area contributed by atoms with E-state index in [2.05, 4.69) is 24.3 Å². The summed E-state index contributed by atoms with van der Waals surface area (Å²) in [5, 5.41) is 5.13. The lowest BCUT2D eigenvalue weighted by Crippen LogP contribution is -2.42. The van der Waals surface area contributed by atoms with Crippen LogP contribution in [0.3, 0.4) is 0 Å². The van der Waals surface area contributed by atoms with Crippen molar-refractivity contribution in [2.75, 3.05) is 18.8 Å². The van der Waals surface area contributed by atoms with Gasteiger partial charge in [-0.3, -0.25) is 4.79 Å². The van der Waals surface area contributed by atoms with E-state index < -0.39 is 10.0 Å². The molecule has 1 aliphatic heterocycles. The van der Waals surface area contributed by atoms with Crippen LogP contribution in [0, 0.1) is 11.8 Å². The summed E-state index contributed by atoms with van der Waals surface area (Å²) in [6.45, 7) is 1.32. The number of piperidine rings is 1. The van der Waals surface area contributed by atoms with Gasteiger partial charge in [0, 0.05) is 24.4 Å². The molecule has 4 rings (SSSR count). The first-order valence-corrected chi connectivity index (χ1v) is 10.5. The van der Waals surface area contributed by atoms with Gasteiger partial charge in [0.2, 0.25) is 15.9 Å². The van der Waals surface area contributed by atoms with Crippen LogP contribution < -0.4 is 5.14 Å². The second kappa shape index (κ2) is 5.56. The topological polar surface area (TPSA) is 80.5 Å². The SMILES string of the molecule is NS(=O)(=O)CC1CCN(C(=O)[C@H]2C[C@]23CCc2ccccc23)CC1. The fourth-order valence-corrected chi connectivity index (χ4v) is 5.78. The minimum absolute atomic E-state index is 0.0375. The van der Waals surface area contributed by atoms with E-state index >= 15 is 0 Å². The zero-order valence-electron chi connectivity index (χ0n) is 13.8. The molecule has 5 nitrogen and oxygen atoms in total. The number of nitrogens with two attached hydrogens (primary N) is 1. The lowest BCUT2D eigenvalue weighted by atomic mass is 9.94. The Morgan fingerprint density at radius 3 is 2.67 bits per heavy atom. The molecule has 2 fully saturated rings. The van der Waals surface area contributed by atoms with Crippen molar-refractivity contribution in [3.8, 4) is 0 Å². The van der Waals surface area contributed by atoms with Gasteiger partial charge in [-0.05, 0) is 49.1 Å². The number of rotatable bonds is 3. The first kappa shape index (κ1) is 16.1. The Morgan fingerprint density at radius 2 is 1.96 bits per heavy atom. The lowest BCUT2D eigenvalue weighted by Gasteiger charge is -2.32. The molecule has 0 bridgehead atoms. The van der Waals surface area contributed by atoms with E-state index in [1.807, 2.05) is 4.90 Å². The fraction of sp³-hybridized carbons (Fsp3) is 0.611. The van der Waals surface area contributed by atoms with Gasteiger partial charge in [0.1, 0.15) is 0 Å². The summed E-state index contributed by atoms with van der Waals surface area (Å²) in [7, 11) is -3.42. The highest BCUT2D eigenvalue weighted by molar-refractivity contribution is 7.89. The Morgan fingerprint density at radius 1 is 1.25 bits per heavy atom. The lowest BCUT2D eigenvalue weighted by molar-refractivity contribution is -0.134. The summed E-state index contributed by atoms with van der Waals surface area (Å²) in [5.74, 6) is 0.511. The predicted octanol–water partition coefficient (Wildman–Crippen LogP) is 1.42. The molecule has 2 N–H and O–H groups in total. The highest BCUT2D eigenvalue weighted by Crippen LogP contribution is 2.62. The first-order chi connectivity index (χ1) is 11.4. The summed E-state index contributed by atoms with van der Waals surface area (Å²) in [4.78, 5) is 14.9. The molecule has 0 radical (unpaired) electrons. The second-order valence-corrected chi connectivity index (χ2v) is 9.33. The van der Waals surface area contributed by atoms with Gasteiger partial charge in [-0.15, -0.1) is 0 Å². The molecular formula is C18H24N2O3S. The molecule has 6 heteroatoms. The van der Waals surface area contributed by atoms with E-state index in [0.29, 0.717) is 13.1 Å². The molecule has 1 heterocycles. The van der Waals surface area contributed by atoms with E-state index in [-0.39, 0.29) is 28.9 Å². The number of primary sulfonamides is 1. The Labute approximate surface area is 143 Å². The molecule has 1 amide bonds. The zero-order chi connectivity index (χ0) is 16.9. The summed E-state index contributed by atoms with van der Waals surface area (Å²) < 4.78 is 22.4. The maximum atomic E-state index is 12.9. The Bertz CT molecular complexity index is 768. The number of amides is 1. The number of likely N-dealkylation sites (tertiary alicyclic amines) is 1. The van der Waals surface area contributed by atoms with Gasteiger partial charge in [-0.2, -0.15) is 0 Å². The number of sulfonamides is 1. The number of fused-ring (bicyclic) bond motifs is 2. The van der Waals surface area contributed by atoms with Gasteiger partial charge in [0.25, 0.3) is 0 Å².